The van der Waals surface area contributed by atoms with Crippen molar-refractivity contribution in [3.63, 3.8) is 0 Å². The summed E-state index contributed by atoms with van der Waals surface area (Å²) in [4.78, 5) is 29.9. The van der Waals surface area contributed by atoms with Crippen molar-refractivity contribution in [3.05, 3.63) is 88.2 Å². The lowest BCUT2D eigenvalue weighted by Gasteiger charge is -2.26. The molecule has 0 bridgehead atoms. The van der Waals surface area contributed by atoms with Crippen LogP contribution >= 0.6 is 0 Å². The third-order valence-corrected chi connectivity index (χ3v) is 6.21. The number of hydrogen-bond acceptors (Lipinski definition) is 8. The summed E-state index contributed by atoms with van der Waals surface area (Å²) in [5, 5.41) is 31.0. The number of rotatable bonds is 2. The number of hydrogen-bond donors (Lipinski definition) is 3. The second-order valence-corrected chi connectivity index (χ2v) is 8.38. The lowest BCUT2D eigenvalue weighted by atomic mass is 9.84. The largest absolute Gasteiger partial charge is 0.507 e. The van der Waals surface area contributed by atoms with E-state index in [9.17, 15) is 24.9 Å². The number of carbonyl (C=O) groups is 1. The Labute approximate surface area is 197 Å². The summed E-state index contributed by atoms with van der Waals surface area (Å²) in [5.41, 5.74) is 1.98. The fraction of sp³-hybridized carbons (Fsp3) is 0.0741. The van der Waals surface area contributed by atoms with Gasteiger partial charge in [0.2, 0.25) is 0 Å². The van der Waals surface area contributed by atoms with E-state index in [1.165, 1.54) is 30.3 Å². The topological polar surface area (TPSA) is 130 Å². The zero-order valence-corrected chi connectivity index (χ0v) is 18.1. The maximum Gasteiger partial charge on any atom is 0.312 e. The predicted octanol–water partition coefficient (Wildman–Crippen LogP) is 4.57. The molecule has 0 radical (unpaired) electrons. The first kappa shape index (κ1) is 20.7. The van der Waals surface area contributed by atoms with Crippen molar-refractivity contribution in [2.24, 2.45) is 0 Å². The molecule has 2 aromatic heterocycles. The lowest BCUT2D eigenvalue weighted by Crippen LogP contribution is -2.22. The summed E-state index contributed by atoms with van der Waals surface area (Å²) < 4.78 is 11.6. The van der Waals surface area contributed by atoms with Gasteiger partial charge in [-0.3, -0.25) is 14.6 Å². The number of fused-ring (bicyclic) bond motifs is 4. The van der Waals surface area contributed by atoms with Crippen LogP contribution in [-0.2, 0) is 4.79 Å². The molecule has 172 valence electrons. The van der Waals surface area contributed by atoms with Crippen molar-refractivity contribution < 1.29 is 29.3 Å². The monoisotopic (exact) mass is 467 g/mol. The molecule has 3 heterocycles. The maximum absolute atomic E-state index is 13.1. The third-order valence-electron chi connectivity index (χ3n) is 6.21. The van der Waals surface area contributed by atoms with Gasteiger partial charge in [-0.05, 0) is 42.0 Å². The number of pyridine rings is 1. The van der Waals surface area contributed by atoms with Crippen molar-refractivity contribution >= 4 is 27.8 Å². The van der Waals surface area contributed by atoms with E-state index in [1.807, 2.05) is 30.3 Å². The normalized spacial score (nSPS) is 15.2. The smallest absolute Gasteiger partial charge is 0.312 e. The first-order valence-electron chi connectivity index (χ1n) is 10.8. The first-order chi connectivity index (χ1) is 16.9. The van der Waals surface area contributed by atoms with Crippen LogP contribution in [0.25, 0.3) is 33.2 Å². The highest BCUT2D eigenvalue weighted by Crippen LogP contribution is 2.46. The van der Waals surface area contributed by atoms with Gasteiger partial charge >= 0.3 is 5.97 Å². The lowest BCUT2D eigenvalue weighted by molar-refractivity contribution is -0.135. The van der Waals surface area contributed by atoms with E-state index in [4.69, 9.17) is 9.15 Å². The highest BCUT2D eigenvalue weighted by molar-refractivity contribution is 5.93. The average Bonchev–Trinajstić information content (AvgIpc) is 2.84. The van der Waals surface area contributed by atoms with Crippen LogP contribution in [0.3, 0.4) is 0 Å². The maximum atomic E-state index is 13.1. The summed E-state index contributed by atoms with van der Waals surface area (Å²) in [7, 11) is 0. The van der Waals surface area contributed by atoms with E-state index in [0.717, 1.165) is 16.5 Å². The van der Waals surface area contributed by atoms with E-state index >= 15 is 0 Å². The van der Waals surface area contributed by atoms with Crippen molar-refractivity contribution in [2.45, 2.75) is 12.3 Å². The molecule has 1 aliphatic rings. The van der Waals surface area contributed by atoms with Gasteiger partial charge in [0.1, 0.15) is 28.2 Å². The number of phenols is 3. The molecule has 35 heavy (non-hydrogen) atoms. The highest BCUT2D eigenvalue weighted by atomic mass is 16.5. The minimum absolute atomic E-state index is 0.00653. The Morgan fingerprint density at radius 3 is 2.57 bits per heavy atom. The van der Waals surface area contributed by atoms with Crippen molar-refractivity contribution in [1.29, 1.82) is 0 Å². The molecule has 6 rings (SSSR count). The Bertz CT molecular complexity index is 1740. The van der Waals surface area contributed by atoms with Gasteiger partial charge in [0, 0.05) is 40.8 Å². The van der Waals surface area contributed by atoms with Gasteiger partial charge in [-0.2, -0.15) is 0 Å². The number of nitrogens with zero attached hydrogens (tertiary/aromatic N) is 1. The summed E-state index contributed by atoms with van der Waals surface area (Å²) in [6.07, 6.45) is 1.70. The molecule has 0 unspecified atom stereocenters. The van der Waals surface area contributed by atoms with Crippen LogP contribution in [0.15, 0.2) is 76.1 Å². The predicted molar refractivity (Wildman–Crippen MR) is 127 cm³/mol. The van der Waals surface area contributed by atoms with Crippen LogP contribution in [0.1, 0.15) is 23.5 Å². The number of benzene rings is 3. The Balaban J connectivity index is 1.63. The van der Waals surface area contributed by atoms with E-state index < -0.39 is 17.3 Å². The standard InChI is InChI=1S/C27H17NO7/c29-18-6-4-15(9-19(18)30)22-11-20(31)26-21(32)12-23-25(27(26)35-22)16(10-24(33)34-23)13-3-5-17-14(8-13)2-1-7-28-17/h1-9,11-12,16,29-30,32H,10H2/t16-/m0/s1. The second-order valence-electron chi connectivity index (χ2n) is 8.38. The van der Waals surface area contributed by atoms with Crippen molar-refractivity contribution in [1.82, 2.24) is 4.98 Å². The summed E-state index contributed by atoms with van der Waals surface area (Å²) in [6, 6.07) is 15.9. The van der Waals surface area contributed by atoms with Gasteiger partial charge in [-0.1, -0.05) is 12.1 Å². The van der Waals surface area contributed by atoms with Gasteiger partial charge in [-0.25, -0.2) is 0 Å². The van der Waals surface area contributed by atoms with Crippen molar-refractivity contribution in [3.8, 4) is 34.3 Å². The molecule has 8 nitrogen and oxygen atoms in total. The minimum atomic E-state index is -0.509. The number of phenolic OH excluding ortho intramolecular Hbond substituents is 3. The second kappa shape index (κ2) is 7.59. The minimum Gasteiger partial charge on any atom is -0.507 e. The van der Waals surface area contributed by atoms with E-state index in [-0.39, 0.29) is 46.1 Å². The number of aromatic hydroxyl groups is 3. The Morgan fingerprint density at radius 2 is 1.74 bits per heavy atom. The zero-order valence-electron chi connectivity index (χ0n) is 18.1. The molecule has 0 spiro atoms. The van der Waals surface area contributed by atoms with Crippen LogP contribution in [-0.4, -0.2) is 26.3 Å². The van der Waals surface area contributed by atoms with Gasteiger partial charge in [-0.15, -0.1) is 0 Å². The molecule has 0 aliphatic carbocycles. The molecule has 1 atom stereocenters. The van der Waals surface area contributed by atoms with Crippen LogP contribution in [0.5, 0.6) is 23.0 Å². The fourth-order valence-corrected chi connectivity index (χ4v) is 4.57. The molecule has 3 N–H and O–H groups in total. The Hall–Kier alpha value is -4.85. The third kappa shape index (κ3) is 3.34. The molecule has 3 aromatic carbocycles. The molecule has 5 aromatic rings. The molecule has 0 saturated heterocycles. The number of ether oxygens (including phenoxy) is 1. The van der Waals surface area contributed by atoms with Gasteiger partial charge in [0.25, 0.3) is 0 Å². The van der Waals surface area contributed by atoms with Crippen LogP contribution in [0, 0.1) is 0 Å². The average molecular weight is 467 g/mol. The first-order valence-corrected chi connectivity index (χ1v) is 10.8. The summed E-state index contributed by atoms with van der Waals surface area (Å²) >= 11 is 0. The molecule has 1 aliphatic heterocycles. The molecular formula is C27H17NO7. The fourth-order valence-electron chi connectivity index (χ4n) is 4.57. The molecule has 0 amide bonds. The van der Waals surface area contributed by atoms with Crippen LogP contribution < -0.4 is 10.2 Å². The molecular weight excluding hydrogens is 450 g/mol. The number of carbonyl (C=O) groups excluding carboxylic acids is 1. The molecule has 0 saturated carbocycles. The zero-order chi connectivity index (χ0) is 24.3. The van der Waals surface area contributed by atoms with Crippen LogP contribution in [0.2, 0.25) is 0 Å². The summed E-state index contributed by atoms with van der Waals surface area (Å²) in [5.74, 6) is -1.83. The van der Waals surface area contributed by atoms with Crippen molar-refractivity contribution in [2.75, 3.05) is 0 Å². The SMILES string of the molecule is O=C1C[C@@H](c2ccc3ncccc3c2)c2c(cc(O)c3c(=O)cc(-c4ccc(O)c(O)c4)oc23)O1. The molecule has 0 fully saturated rings. The van der Waals surface area contributed by atoms with E-state index in [0.29, 0.717) is 11.1 Å². The summed E-state index contributed by atoms with van der Waals surface area (Å²) in [6.45, 7) is 0. The number of esters is 1. The quantitative estimate of drug-likeness (QED) is 0.196. The van der Waals surface area contributed by atoms with Gasteiger partial charge < -0.3 is 24.5 Å². The number of aromatic nitrogens is 1. The molecule has 8 heteroatoms. The van der Waals surface area contributed by atoms with Gasteiger partial charge in [0.15, 0.2) is 16.9 Å². The van der Waals surface area contributed by atoms with E-state index in [2.05, 4.69) is 4.98 Å². The van der Waals surface area contributed by atoms with Crippen LogP contribution in [0.4, 0.5) is 0 Å². The van der Waals surface area contributed by atoms with Gasteiger partial charge in [0.05, 0.1) is 11.9 Å². The highest BCUT2D eigenvalue weighted by Gasteiger charge is 2.33. The Morgan fingerprint density at radius 1 is 0.886 bits per heavy atom. The van der Waals surface area contributed by atoms with E-state index in [1.54, 1.807) is 6.20 Å². The Kier molecular flexibility index (Phi) is 4.50.